The zero-order valence-electron chi connectivity index (χ0n) is 11.1. The first-order valence-corrected chi connectivity index (χ1v) is 7.86. The van der Waals surface area contributed by atoms with Gasteiger partial charge in [-0.1, -0.05) is 0 Å². The fraction of sp³-hybridized carbons (Fsp3) is 0.154. The normalized spacial score (nSPS) is 10.5. The Balaban J connectivity index is 1.60. The summed E-state index contributed by atoms with van der Waals surface area (Å²) in [6.07, 6.45) is 3.34. The Labute approximate surface area is 128 Å². The maximum absolute atomic E-state index is 12.0. The Bertz CT molecular complexity index is 733. The summed E-state index contributed by atoms with van der Waals surface area (Å²) in [4.78, 5) is 21.4. The van der Waals surface area contributed by atoms with Gasteiger partial charge in [-0.25, -0.2) is 9.97 Å². The van der Waals surface area contributed by atoms with Crippen molar-refractivity contribution in [2.75, 3.05) is 10.6 Å². The molecule has 0 bridgehead atoms. The van der Waals surface area contributed by atoms with Gasteiger partial charge in [0.1, 0.15) is 11.5 Å². The van der Waals surface area contributed by atoms with Crippen LogP contribution in [-0.4, -0.2) is 15.9 Å². The maximum atomic E-state index is 12.0. The summed E-state index contributed by atoms with van der Waals surface area (Å²) >= 11 is 2.80. The van der Waals surface area contributed by atoms with E-state index in [4.69, 9.17) is 4.42 Å². The molecule has 3 heterocycles. The van der Waals surface area contributed by atoms with Gasteiger partial charge in [0.25, 0.3) is 5.91 Å². The second-order valence-corrected chi connectivity index (χ2v) is 6.29. The number of furan rings is 1. The van der Waals surface area contributed by atoms with E-state index in [0.29, 0.717) is 22.5 Å². The highest BCUT2D eigenvalue weighted by Gasteiger charge is 2.12. The van der Waals surface area contributed by atoms with Crippen molar-refractivity contribution in [2.24, 2.45) is 0 Å². The lowest BCUT2D eigenvalue weighted by molar-refractivity contribution is 0.102. The number of carbonyl (C=O) groups is 1. The fourth-order valence-electron chi connectivity index (χ4n) is 1.61. The van der Waals surface area contributed by atoms with Crippen molar-refractivity contribution in [3.8, 4) is 0 Å². The van der Waals surface area contributed by atoms with Crippen LogP contribution >= 0.6 is 22.7 Å². The number of carbonyl (C=O) groups excluding carboxylic acids is 1. The fourth-order valence-corrected chi connectivity index (χ4v) is 2.96. The topological polar surface area (TPSA) is 80.0 Å². The Morgan fingerprint density at radius 2 is 2.33 bits per heavy atom. The van der Waals surface area contributed by atoms with Gasteiger partial charge >= 0.3 is 0 Å². The molecule has 8 heteroatoms. The minimum Gasteiger partial charge on any atom is -0.467 e. The summed E-state index contributed by atoms with van der Waals surface area (Å²) in [7, 11) is 0. The van der Waals surface area contributed by atoms with E-state index in [1.54, 1.807) is 17.8 Å². The highest BCUT2D eigenvalue weighted by Crippen LogP contribution is 2.20. The smallest absolute Gasteiger partial charge is 0.276 e. The summed E-state index contributed by atoms with van der Waals surface area (Å²) in [5.74, 6) is 0.557. The highest BCUT2D eigenvalue weighted by molar-refractivity contribution is 7.15. The van der Waals surface area contributed by atoms with Gasteiger partial charge < -0.3 is 9.73 Å². The van der Waals surface area contributed by atoms with Gasteiger partial charge in [-0.3, -0.25) is 10.1 Å². The van der Waals surface area contributed by atoms with E-state index in [1.165, 1.54) is 22.7 Å². The van der Waals surface area contributed by atoms with E-state index in [9.17, 15) is 4.79 Å². The Morgan fingerprint density at radius 3 is 3.05 bits per heavy atom. The molecule has 2 N–H and O–H groups in total. The molecule has 0 aliphatic heterocycles. The van der Waals surface area contributed by atoms with Crippen LogP contribution < -0.4 is 10.6 Å². The summed E-state index contributed by atoms with van der Waals surface area (Å²) in [5.41, 5.74) is 0.370. The molecule has 0 aromatic carbocycles. The molecule has 0 saturated carbocycles. The Kier molecular flexibility index (Phi) is 3.98. The molecule has 0 aliphatic carbocycles. The third-order valence-corrected chi connectivity index (χ3v) is 4.20. The zero-order valence-corrected chi connectivity index (χ0v) is 12.8. The van der Waals surface area contributed by atoms with Crippen molar-refractivity contribution in [1.29, 1.82) is 0 Å². The van der Waals surface area contributed by atoms with Crippen molar-refractivity contribution < 1.29 is 9.21 Å². The summed E-state index contributed by atoms with van der Waals surface area (Å²) in [5, 5.41) is 8.80. The SMILES string of the molecule is Cc1cnc(NC(=O)c2csc(NCc3ccco3)n2)s1. The number of nitrogens with zero attached hydrogens (tertiary/aromatic N) is 2. The van der Waals surface area contributed by atoms with Crippen molar-refractivity contribution >= 4 is 38.8 Å². The van der Waals surface area contributed by atoms with E-state index < -0.39 is 0 Å². The van der Waals surface area contributed by atoms with Crippen LogP contribution in [0, 0.1) is 6.92 Å². The number of anilines is 2. The number of amides is 1. The van der Waals surface area contributed by atoms with Gasteiger partial charge in [0.2, 0.25) is 0 Å². The molecule has 3 rings (SSSR count). The molecule has 1 amide bonds. The van der Waals surface area contributed by atoms with Gasteiger partial charge in [-0.05, 0) is 19.1 Å². The Hall–Kier alpha value is -2.19. The molecule has 6 nitrogen and oxygen atoms in total. The molecule has 0 atom stereocenters. The number of aromatic nitrogens is 2. The molecular weight excluding hydrogens is 308 g/mol. The lowest BCUT2D eigenvalue weighted by Gasteiger charge is -1.99. The lowest BCUT2D eigenvalue weighted by Crippen LogP contribution is -2.12. The third-order valence-electron chi connectivity index (χ3n) is 2.57. The molecule has 0 saturated heterocycles. The number of thiazole rings is 2. The molecule has 3 aromatic heterocycles. The van der Waals surface area contributed by atoms with Crippen molar-refractivity contribution in [3.05, 3.63) is 46.3 Å². The monoisotopic (exact) mass is 320 g/mol. The number of aryl methyl sites for hydroxylation is 1. The summed E-state index contributed by atoms with van der Waals surface area (Å²) in [6, 6.07) is 3.70. The Morgan fingerprint density at radius 1 is 1.43 bits per heavy atom. The van der Waals surface area contributed by atoms with Crippen LogP contribution in [-0.2, 0) is 6.54 Å². The van der Waals surface area contributed by atoms with Crippen LogP contribution in [0.15, 0.2) is 34.4 Å². The van der Waals surface area contributed by atoms with E-state index in [1.807, 2.05) is 19.1 Å². The summed E-state index contributed by atoms with van der Waals surface area (Å²) in [6.45, 7) is 2.47. The predicted octanol–water partition coefficient (Wildman–Crippen LogP) is 3.37. The molecule has 0 spiro atoms. The van der Waals surface area contributed by atoms with Gasteiger partial charge in [0.15, 0.2) is 10.3 Å². The van der Waals surface area contributed by atoms with Gasteiger partial charge in [-0.15, -0.1) is 22.7 Å². The van der Waals surface area contributed by atoms with Crippen LogP contribution in [0.5, 0.6) is 0 Å². The maximum Gasteiger partial charge on any atom is 0.276 e. The third kappa shape index (κ3) is 3.47. The van der Waals surface area contributed by atoms with Gasteiger partial charge in [0.05, 0.1) is 12.8 Å². The number of hydrogen-bond acceptors (Lipinski definition) is 7. The van der Waals surface area contributed by atoms with Crippen LogP contribution in [0.1, 0.15) is 21.1 Å². The number of nitrogens with one attached hydrogen (secondary N) is 2. The second kappa shape index (κ2) is 6.06. The first kappa shape index (κ1) is 13.8. The van der Waals surface area contributed by atoms with Crippen molar-refractivity contribution in [2.45, 2.75) is 13.5 Å². The van der Waals surface area contributed by atoms with E-state index in [-0.39, 0.29) is 5.91 Å². The zero-order chi connectivity index (χ0) is 14.7. The lowest BCUT2D eigenvalue weighted by atomic mass is 10.4. The standard InChI is InChI=1S/C13H12N4O2S2/c1-8-5-14-13(21-8)17-11(18)10-7-20-12(16-10)15-6-9-3-2-4-19-9/h2-5,7H,6H2,1H3,(H,15,16)(H,14,17,18). The average Bonchev–Trinajstić information content (AvgIpc) is 3.17. The predicted molar refractivity (Wildman–Crippen MR) is 83.0 cm³/mol. The molecule has 108 valence electrons. The van der Waals surface area contributed by atoms with Crippen molar-refractivity contribution in [1.82, 2.24) is 9.97 Å². The molecule has 3 aromatic rings. The minimum atomic E-state index is -0.258. The molecule has 21 heavy (non-hydrogen) atoms. The van der Waals surface area contributed by atoms with Crippen LogP contribution in [0.25, 0.3) is 0 Å². The quantitative estimate of drug-likeness (QED) is 0.753. The first-order valence-electron chi connectivity index (χ1n) is 6.16. The molecule has 0 fully saturated rings. The van der Waals surface area contributed by atoms with Gasteiger partial charge in [-0.2, -0.15) is 0 Å². The second-order valence-electron chi connectivity index (χ2n) is 4.20. The van der Waals surface area contributed by atoms with Crippen LogP contribution in [0.4, 0.5) is 10.3 Å². The van der Waals surface area contributed by atoms with Crippen LogP contribution in [0.2, 0.25) is 0 Å². The van der Waals surface area contributed by atoms with Gasteiger partial charge in [0, 0.05) is 16.5 Å². The van der Waals surface area contributed by atoms with E-state index in [2.05, 4.69) is 20.6 Å². The average molecular weight is 320 g/mol. The molecule has 0 unspecified atom stereocenters. The van der Waals surface area contributed by atoms with E-state index >= 15 is 0 Å². The number of hydrogen-bond donors (Lipinski definition) is 2. The highest BCUT2D eigenvalue weighted by atomic mass is 32.1. The number of rotatable bonds is 5. The van der Waals surface area contributed by atoms with E-state index in [0.717, 1.165) is 10.6 Å². The van der Waals surface area contributed by atoms with Crippen LogP contribution in [0.3, 0.4) is 0 Å². The molecular formula is C13H12N4O2S2. The van der Waals surface area contributed by atoms with Crippen molar-refractivity contribution in [3.63, 3.8) is 0 Å². The minimum absolute atomic E-state index is 0.258. The largest absolute Gasteiger partial charge is 0.467 e. The molecule has 0 aliphatic rings. The summed E-state index contributed by atoms with van der Waals surface area (Å²) < 4.78 is 5.22. The molecule has 0 radical (unpaired) electrons. The first-order chi connectivity index (χ1) is 10.2.